The smallest absolute Gasteiger partial charge is 0.283 e. The van der Waals surface area contributed by atoms with Crippen molar-refractivity contribution < 1.29 is 19.6 Å². The molecular weight excluding hydrogens is 288 g/mol. The van der Waals surface area contributed by atoms with Gasteiger partial charge in [0.2, 0.25) is 0 Å². The fourth-order valence-corrected chi connectivity index (χ4v) is 2.30. The number of hydrogen-bond donors (Lipinski definition) is 1. The summed E-state index contributed by atoms with van der Waals surface area (Å²) in [6.07, 6.45) is -0.478. The molecule has 1 N–H and O–H groups in total. The molecule has 20 heavy (non-hydrogen) atoms. The first-order valence-electron chi connectivity index (χ1n) is 5.99. The van der Waals surface area contributed by atoms with Crippen molar-refractivity contribution in [2.24, 2.45) is 0 Å². The summed E-state index contributed by atoms with van der Waals surface area (Å²) >= 11 is 5.93. The van der Waals surface area contributed by atoms with Crippen molar-refractivity contribution in [2.45, 2.75) is 6.10 Å². The zero-order chi connectivity index (χ0) is 14.7. The third-order valence-electron chi connectivity index (χ3n) is 3.03. The first-order chi connectivity index (χ1) is 9.54. The van der Waals surface area contributed by atoms with E-state index in [1.807, 2.05) is 0 Å². The number of halogens is 1. The number of aliphatic hydroxyl groups is 1. The van der Waals surface area contributed by atoms with E-state index >= 15 is 0 Å². The van der Waals surface area contributed by atoms with Crippen LogP contribution in [0.1, 0.15) is 10.4 Å². The van der Waals surface area contributed by atoms with Crippen LogP contribution in [0, 0.1) is 10.1 Å². The number of morpholine rings is 1. The zero-order valence-corrected chi connectivity index (χ0v) is 11.2. The molecule has 1 atom stereocenters. The lowest BCUT2D eigenvalue weighted by Crippen LogP contribution is -2.47. The molecule has 1 fully saturated rings. The molecule has 0 aliphatic carbocycles. The topological polar surface area (TPSA) is 92.9 Å². The molecule has 8 heteroatoms. The van der Waals surface area contributed by atoms with Gasteiger partial charge in [0.15, 0.2) is 0 Å². The number of ether oxygens (including phenoxy) is 1. The number of amides is 1. The summed E-state index contributed by atoms with van der Waals surface area (Å²) in [4.78, 5) is 24.2. The number of nitrogens with zero attached hydrogens (tertiary/aromatic N) is 2. The van der Waals surface area contributed by atoms with Crippen molar-refractivity contribution in [3.8, 4) is 0 Å². The normalized spacial score (nSPS) is 18.9. The predicted octanol–water partition coefficient (Wildman–Crippen LogP) is 1.08. The van der Waals surface area contributed by atoms with Gasteiger partial charge in [-0.15, -0.1) is 0 Å². The summed E-state index contributed by atoms with van der Waals surface area (Å²) in [5.41, 5.74) is -0.452. The average Bonchev–Trinajstić information content (AvgIpc) is 2.46. The molecule has 7 nitrogen and oxygen atoms in total. The maximum absolute atomic E-state index is 12.4. The number of rotatable bonds is 3. The van der Waals surface area contributed by atoms with Gasteiger partial charge in [-0.1, -0.05) is 17.7 Å². The second kappa shape index (κ2) is 6.17. The number of aliphatic hydroxyl groups excluding tert-OH is 1. The maximum atomic E-state index is 12.4. The minimum absolute atomic E-state index is 0.0382. The van der Waals surface area contributed by atoms with Gasteiger partial charge in [0.25, 0.3) is 11.6 Å². The van der Waals surface area contributed by atoms with E-state index in [9.17, 15) is 14.9 Å². The van der Waals surface area contributed by atoms with Gasteiger partial charge in [0, 0.05) is 19.2 Å². The van der Waals surface area contributed by atoms with E-state index < -0.39 is 16.9 Å². The second-order valence-corrected chi connectivity index (χ2v) is 4.72. The van der Waals surface area contributed by atoms with E-state index in [1.165, 1.54) is 23.1 Å². The number of carbonyl (C=O) groups excluding carboxylic acids is 1. The van der Waals surface area contributed by atoms with Crippen LogP contribution < -0.4 is 0 Å². The SMILES string of the molecule is O=C(c1c(Cl)cccc1[N+](=O)[O-])N1CCOC(CO)C1. The molecule has 0 saturated carbocycles. The number of nitro groups is 1. The Bertz CT molecular complexity index is 537. The van der Waals surface area contributed by atoms with Gasteiger partial charge >= 0.3 is 0 Å². The molecule has 2 rings (SSSR count). The van der Waals surface area contributed by atoms with Gasteiger partial charge in [0.05, 0.1) is 29.3 Å². The summed E-state index contributed by atoms with van der Waals surface area (Å²) in [7, 11) is 0. The molecule has 0 bridgehead atoms. The molecule has 1 aromatic rings. The van der Waals surface area contributed by atoms with E-state index in [0.29, 0.717) is 6.54 Å². The highest BCUT2D eigenvalue weighted by Crippen LogP contribution is 2.28. The average molecular weight is 301 g/mol. The standard InChI is InChI=1S/C12H13ClN2O5/c13-9-2-1-3-10(15(18)19)11(9)12(17)14-4-5-20-8(6-14)7-16/h1-3,8,16H,4-7H2. The van der Waals surface area contributed by atoms with Crippen LogP contribution in [0.3, 0.4) is 0 Å². The van der Waals surface area contributed by atoms with Crippen molar-refractivity contribution in [3.63, 3.8) is 0 Å². The van der Waals surface area contributed by atoms with Crippen LogP contribution in [0.5, 0.6) is 0 Å². The summed E-state index contributed by atoms with van der Waals surface area (Å²) in [5, 5.41) is 20.1. The monoisotopic (exact) mass is 300 g/mol. The zero-order valence-electron chi connectivity index (χ0n) is 10.5. The molecule has 1 saturated heterocycles. The summed E-state index contributed by atoms with van der Waals surface area (Å²) in [6, 6.07) is 4.10. The van der Waals surface area contributed by atoms with Gasteiger partial charge in [-0.25, -0.2) is 0 Å². The first kappa shape index (κ1) is 14.7. The lowest BCUT2D eigenvalue weighted by Gasteiger charge is -2.32. The molecule has 1 amide bonds. The Hall–Kier alpha value is -1.70. The van der Waals surface area contributed by atoms with Gasteiger partial charge in [-0.3, -0.25) is 14.9 Å². The molecule has 0 spiro atoms. The quantitative estimate of drug-likeness (QED) is 0.666. The van der Waals surface area contributed by atoms with E-state index in [0.717, 1.165) is 0 Å². The summed E-state index contributed by atoms with van der Waals surface area (Å²) < 4.78 is 5.24. The fraction of sp³-hybridized carbons (Fsp3) is 0.417. The van der Waals surface area contributed by atoms with Crippen LogP contribution in [0.2, 0.25) is 5.02 Å². The molecule has 1 aliphatic rings. The van der Waals surface area contributed by atoms with Crippen molar-refractivity contribution in [3.05, 3.63) is 38.9 Å². The van der Waals surface area contributed by atoms with Crippen molar-refractivity contribution in [2.75, 3.05) is 26.3 Å². The molecule has 1 aromatic carbocycles. The van der Waals surface area contributed by atoms with Crippen LogP contribution in [-0.4, -0.2) is 53.2 Å². The second-order valence-electron chi connectivity index (χ2n) is 4.32. The van der Waals surface area contributed by atoms with Crippen LogP contribution in [0.15, 0.2) is 18.2 Å². The number of hydrogen-bond acceptors (Lipinski definition) is 5. The molecule has 108 valence electrons. The number of carbonyl (C=O) groups is 1. The van der Waals surface area contributed by atoms with E-state index in [1.54, 1.807) is 0 Å². The molecule has 1 aliphatic heterocycles. The molecule has 1 heterocycles. The Morgan fingerprint density at radius 3 is 3.00 bits per heavy atom. The molecule has 0 aromatic heterocycles. The molecule has 1 unspecified atom stereocenters. The lowest BCUT2D eigenvalue weighted by molar-refractivity contribution is -0.385. The molecule has 0 radical (unpaired) electrons. The Kier molecular flexibility index (Phi) is 4.53. The highest BCUT2D eigenvalue weighted by atomic mass is 35.5. The van der Waals surface area contributed by atoms with E-state index in [-0.39, 0.29) is 36.0 Å². The minimum Gasteiger partial charge on any atom is -0.394 e. The lowest BCUT2D eigenvalue weighted by atomic mass is 10.1. The Balaban J connectivity index is 2.31. The number of nitro benzene ring substituents is 1. The first-order valence-corrected chi connectivity index (χ1v) is 6.37. The van der Waals surface area contributed by atoms with Crippen LogP contribution in [-0.2, 0) is 4.74 Å². The highest BCUT2D eigenvalue weighted by molar-refractivity contribution is 6.34. The van der Waals surface area contributed by atoms with Gasteiger partial charge in [0.1, 0.15) is 5.56 Å². The Labute approximate surface area is 119 Å². The third kappa shape index (κ3) is 2.90. The van der Waals surface area contributed by atoms with Gasteiger partial charge < -0.3 is 14.7 Å². The Morgan fingerprint density at radius 1 is 1.60 bits per heavy atom. The van der Waals surface area contributed by atoms with E-state index in [2.05, 4.69) is 0 Å². The largest absolute Gasteiger partial charge is 0.394 e. The summed E-state index contributed by atoms with van der Waals surface area (Å²) in [6.45, 7) is 0.541. The fourth-order valence-electron chi connectivity index (χ4n) is 2.05. The van der Waals surface area contributed by atoms with Crippen LogP contribution >= 0.6 is 11.6 Å². The Morgan fingerprint density at radius 2 is 2.35 bits per heavy atom. The minimum atomic E-state index is -0.636. The summed E-state index contributed by atoms with van der Waals surface area (Å²) in [5.74, 6) is -0.524. The van der Waals surface area contributed by atoms with Crippen LogP contribution in [0.4, 0.5) is 5.69 Å². The van der Waals surface area contributed by atoms with Crippen molar-refractivity contribution in [1.29, 1.82) is 0 Å². The maximum Gasteiger partial charge on any atom is 0.283 e. The van der Waals surface area contributed by atoms with Gasteiger partial charge in [-0.05, 0) is 6.07 Å². The van der Waals surface area contributed by atoms with Crippen molar-refractivity contribution in [1.82, 2.24) is 4.90 Å². The van der Waals surface area contributed by atoms with Gasteiger partial charge in [-0.2, -0.15) is 0 Å². The van der Waals surface area contributed by atoms with Crippen LogP contribution in [0.25, 0.3) is 0 Å². The van der Waals surface area contributed by atoms with Crippen molar-refractivity contribution >= 4 is 23.2 Å². The highest BCUT2D eigenvalue weighted by Gasteiger charge is 2.30. The van der Waals surface area contributed by atoms with E-state index in [4.69, 9.17) is 21.4 Å². The number of benzene rings is 1. The predicted molar refractivity (Wildman–Crippen MR) is 70.8 cm³/mol. The third-order valence-corrected chi connectivity index (χ3v) is 3.35. The molecular formula is C12H13ClN2O5.